The van der Waals surface area contributed by atoms with Gasteiger partial charge >= 0.3 is 0 Å². The molecule has 0 fully saturated rings. The summed E-state index contributed by atoms with van der Waals surface area (Å²) < 4.78 is 2.97. The van der Waals surface area contributed by atoms with Crippen LogP contribution in [0.15, 0.2) is 35.3 Å². The van der Waals surface area contributed by atoms with Crippen LogP contribution in [0.1, 0.15) is 11.1 Å². The van der Waals surface area contributed by atoms with Gasteiger partial charge in [-0.05, 0) is 30.2 Å². The smallest absolute Gasteiger partial charge is 0.165 e. The van der Waals surface area contributed by atoms with E-state index < -0.39 is 0 Å². The van der Waals surface area contributed by atoms with E-state index in [9.17, 15) is 0 Å². The molecule has 102 valence electrons. The van der Waals surface area contributed by atoms with E-state index in [0.29, 0.717) is 6.54 Å². The molecule has 0 saturated heterocycles. The highest BCUT2D eigenvalue weighted by Crippen LogP contribution is 2.19. The van der Waals surface area contributed by atoms with Crippen LogP contribution in [0.2, 0.25) is 0 Å². The number of rotatable bonds is 3. The van der Waals surface area contributed by atoms with Crippen LogP contribution < -0.4 is 5.32 Å². The first-order valence-electron chi connectivity index (χ1n) is 6.26. The standard InChI is InChI=1S/C14H14BrN5/c1-9-5-11(15)4-3-10(9)6-16-13-12-14(18-7-17-13)20(2)8-19-12/h3-5,7-8H,6H2,1-2H3,(H,16,17,18). The third-order valence-corrected chi connectivity index (χ3v) is 3.74. The van der Waals surface area contributed by atoms with Gasteiger partial charge in [-0.3, -0.25) is 0 Å². The molecule has 1 aromatic carbocycles. The Labute approximate surface area is 125 Å². The first kappa shape index (κ1) is 13.1. The Morgan fingerprint density at radius 2 is 2.10 bits per heavy atom. The Hall–Kier alpha value is -1.95. The molecule has 3 rings (SSSR count). The van der Waals surface area contributed by atoms with Gasteiger partial charge in [-0.25, -0.2) is 15.0 Å². The number of nitrogens with one attached hydrogen (secondary N) is 1. The van der Waals surface area contributed by atoms with Crippen molar-refractivity contribution in [2.24, 2.45) is 7.05 Å². The fraction of sp³-hybridized carbons (Fsp3) is 0.214. The molecule has 1 N–H and O–H groups in total. The summed E-state index contributed by atoms with van der Waals surface area (Å²) in [6, 6.07) is 6.25. The molecule has 0 saturated carbocycles. The molecule has 0 aliphatic carbocycles. The molecular formula is C14H14BrN5. The van der Waals surface area contributed by atoms with Crippen LogP contribution in [0.25, 0.3) is 11.2 Å². The van der Waals surface area contributed by atoms with Gasteiger partial charge in [0, 0.05) is 18.1 Å². The van der Waals surface area contributed by atoms with Crippen LogP contribution in [0, 0.1) is 6.92 Å². The van der Waals surface area contributed by atoms with Gasteiger partial charge in [-0.1, -0.05) is 22.0 Å². The maximum atomic E-state index is 4.33. The van der Waals surface area contributed by atoms with Crippen LogP contribution in [0.4, 0.5) is 5.82 Å². The summed E-state index contributed by atoms with van der Waals surface area (Å²) in [7, 11) is 1.92. The summed E-state index contributed by atoms with van der Waals surface area (Å²) in [5.74, 6) is 0.762. The van der Waals surface area contributed by atoms with Crippen LogP contribution in [-0.2, 0) is 13.6 Å². The monoisotopic (exact) mass is 331 g/mol. The molecule has 0 spiro atoms. The van der Waals surface area contributed by atoms with Gasteiger partial charge in [0.2, 0.25) is 0 Å². The molecule has 2 aromatic heterocycles. The van der Waals surface area contributed by atoms with E-state index in [1.807, 2.05) is 17.7 Å². The number of halogens is 1. The van der Waals surface area contributed by atoms with Crippen molar-refractivity contribution in [2.45, 2.75) is 13.5 Å². The van der Waals surface area contributed by atoms with Crippen molar-refractivity contribution in [2.75, 3.05) is 5.32 Å². The fourth-order valence-corrected chi connectivity index (χ4v) is 2.59. The lowest BCUT2D eigenvalue weighted by Gasteiger charge is -2.09. The van der Waals surface area contributed by atoms with Gasteiger partial charge < -0.3 is 9.88 Å². The van der Waals surface area contributed by atoms with Crippen molar-refractivity contribution < 1.29 is 0 Å². The molecule has 0 aliphatic heterocycles. The predicted octanol–water partition coefficient (Wildman–Crippen LogP) is 3.05. The van der Waals surface area contributed by atoms with E-state index in [1.165, 1.54) is 11.1 Å². The first-order chi connectivity index (χ1) is 9.65. The zero-order chi connectivity index (χ0) is 14.1. The number of imidazole rings is 1. The first-order valence-corrected chi connectivity index (χ1v) is 7.05. The average molecular weight is 332 g/mol. The van der Waals surface area contributed by atoms with Crippen LogP contribution >= 0.6 is 15.9 Å². The third kappa shape index (κ3) is 2.38. The molecule has 0 bridgehead atoms. The molecule has 5 nitrogen and oxygen atoms in total. The number of aromatic nitrogens is 4. The largest absolute Gasteiger partial charge is 0.364 e. The van der Waals surface area contributed by atoms with E-state index in [4.69, 9.17) is 0 Å². The summed E-state index contributed by atoms with van der Waals surface area (Å²) in [4.78, 5) is 12.8. The van der Waals surface area contributed by atoms with E-state index in [1.54, 1.807) is 12.7 Å². The molecule has 0 aliphatic rings. The molecule has 0 atom stereocenters. The summed E-state index contributed by atoms with van der Waals surface area (Å²) >= 11 is 3.47. The molecule has 6 heteroatoms. The molecular weight excluding hydrogens is 318 g/mol. The van der Waals surface area contributed by atoms with Crippen LogP contribution in [0.5, 0.6) is 0 Å². The summed E-state index contributed by atoms with van der Waals surface area (Å²) in [6.07, 6.45) is 3.30. The number of anilines is 1. The number of hydrogen-bond acceptors (Lipinski definition) is 4. The predicted molar refractivity (Wildman–Crippen MR) is 82.5 cm³/mol. The average Bonchev–Trinajstić information content (AvgIpc) is 2.80. The van der Waals surface area contributed by atoms with E-state index in [2.05, 4.69) is 55.3 Å². The second-order valence-corrected chi connectivity index (χ2v) is 5.59. The molecule has 3 aromatic rings. The Kier molecular flexibility index (Phi) is 3.40. The van der Waals surface area contributed by atoms with Crippen LogP contribution in [-0.4, -0.2) is 19.5 Å². The summed E-state index contributed by atoms with van der Waals surface area (Å²) in [5, 5.41) is 3.34. The van der Waals surface area contributed by atoms with Crippen molar-refractivity contribution in [1.29, 1.82) is 0 Å². The highest BCUT2D eigenvalue weighted by molar-refractivity contribution is 9.10. The van der Waals surface area contributed by atoms with Gasteiger partial charge in [0.05, 0.1) is 6.33 Å². The van der Waals surface area contributed by atoms with Crippen molar-refractivity contribution in [3.8, 4) is 0 Å². The van der Waals surface area contributed by atoms with Crippen molar-refractivity contribution in [3.63, 3.8) is 0 Å². The van der Waals surface area contributed by atoms with Crippen LogP contribution in [0.3, 0.4) is 0 Å². The lowest BCUT2D eigenvalue weighted by molar-refractivity contribution is 0.927. The second-order valence-electron chi connectivity index (χ2n) is 4.67. The number of benzene rings is 1. The Bertz CT molecular complexity index is 765. The minimum Gasteiger partial charge on any atom is -0.364 e. The minimum absolute atomic E-state index is 0.710. The SMILES string of the molecule is Cc1cc(Br)ccc1CNc1ncnc2c1ncn2C. The second kappa shape index (κ2) is 5.20. The fourth-order valence-electron chi connectivity index (χ4n) is 2.11. The molecule has 0 amide bonds. The Balaban J connectivity index is 1.87. The topological polar surface area (TPSA) is 55.6 Å². The molecule has 2 heterocycles. The van der Waals surface area contributed by atoms with Gasteiger partial charge in [0.1, 0.15) is 11.8 Å². The zero-order valence-corrected chi connectivity index (χ0v) is 12.8. The van der Waals surface area contributed by atoms with E-state index >= 15 is 0 Å². The number of fused-ring (bicyclic) bond motifs is 1. The van der Waals surface area contributed by atoms with Crippen molar-refractivity contribution in [3.05, 3.63) is 46.5 Å². The van der Waals surface area contributed by atoms with Gasteiger partial charge in [0.25, 0.3) is 0 Å². The maximum Gasteiger partial charge on any atom is 0.165 e. The lowest BCUT2D eigenvalue weighted by Crippen LogP contribution is -2.04. The molecule has 20 heavy (non-hydrogen) atoms. The van der Waals surface area contributed by atoms with Gasteiger partial charge in [-0.15, -0.1) is 0 Å². The third-order valence-electron chi connectivity index (χ3n) is 3.25. The molecule has 0 unspecified atom stereocenters. The quantitative estimate of drug-likeness (QED) is 0.801. The minimum atomic E-state index is 0.710. The van der Waals surface area contributed by atoms with Crippen molar-refractivity contribution in [1.82, 2.24) is 19.5 Å². The van der Waals surface area contributed by atoms with E-state index in [-0.39, 0.29) is 0 Å². The Morgan fingerprint density at radius 1 is 1.25 bits per heavy atom. The maximum absolute atomic E-state index is 4.33. The van der Waals surface area contributed by atoms with E-state index in [0.717, 1.165) is 21.5 Å². The van der Waals surface area contributed by atoms with Crippen molar-refractivity contribution >= 4 is 32.9 Å². The van der Waals surface area contributed by atoms with Gasteiger partial charge in [-0.2, -0.15) is 0 Å². The number of aryl methyl sites for hydroxylation is 2. The summed E-state index contributed by atoms with van der Waals surface area (Å²) in [5.41, 5.74) is 4.09. The van der Waals surface area contributed by atoms with Gasteiger partial charge in [0.15, 0.2) is 11.5 Å². The highest BCUT2D eigenvalue weighted by Gasteiger charge is 2.08. The zero-order valence-electron chi connectivity index (χ0n) is 11.3. The lowest BCUT2D eigenvalue weighted by atomic mass is 10.1. The highest BCUT2D eigenvalue weighted by atomic mass is 79.9. The number of hydrogen-bond donors (Lipinski definition) is 1. The summed E-state index contributed by atoms with van der Waals surface area (Å²) in [6.45, 7) is 2.81. The Morgan fingerprint density at radius 3 is 2.90 bits per heavy atom. The molecule has 0 radical (unpaired) electrons. The number of nitrogens with zero attached hydrogens (tertiary/aromatic N) is 4. The normalized spacial score (nSPS) is 10.9.